The number of sulfonamides is 2. The van der Waals surface area contributed by atoms with Crippen molar-refractivity contribution in [2.75, 3.05) is 13.1 Å². The number of β-amino-alcohol motifs (C(OH)–C–C–N with tert-alkyl or cyclic N) is 2. The Morgan fingerprint density at radius 1 is 0.643 bits per heavy atom. The zero-order chi connectivity index (χ0) is 32.0. The summed E-state index contributed by atoms with van der Waals surface area (Å²) in [4.78, 5) is 0. The van der Waals surface area contributed by atoms with Gasteiger partial charge in [0.2, 0.25) is 20.0 Å². The van der Waals surface area contributed by atoms with Crippen LogP contribution in [0.2, 0.25) is 0 Å². The largest absolute Gasteiger partial charge is 0.392 e. The molecule has 0 aromatic heterocycles. The number of hydrogen-bond donors (Lipinski definition) is 2. The van der Waals surface area contributed by atoms with Crippen LogP contribution in [-0.4, -0.2) is 70.5 Å². The molecule has 14 heteroatoms. The summed E-state index contributed by atoms with van der Waals surface area (Å²) < 4.78 is 105. The average Bonchev–Trinajstić information content (AvgIpc) is 3.44. The summed E-state index contributed by atoms with van der Waals surface area (Å²) in [5.41, 5.74) is -0.0845. The van der Waals surface area contributed by atoms with Crippen molar-refractivity contribution in [2.24, 2.45) is 0 Å². The molecule has 8 nitrogen and oxygen atoms in total. The Labute approximate surface area is 245 Å². The number of nitrogens with zero attached hydrogens (tertiary/aromatic N) is 2. The van der Waals surface area contributed by atoms with Gasteiger partial charge in [0.1, 0.15) is 23.3 Å². The van der Waals surface area contributed by atoms with Crippen molar-refractivity contribution in [3.63, 3.8) is 0 Å². The van der Waals surface area contributed by atoms with Crippen LogP contribution in [0.1, 0.15) is 77.6 Å². The summed E-state index contributed by atoms with van der Waals surface area (Å²) in [6, 6.07) is 4.10. The van der Waals surface area contributed by atoms with Gasteiger partial charge in [-0.2, -0.15) is 8.61 Å². The lowest BCUT2D eigenvalue weighted by atomic mass is 10.0. The van der Waals surface area contributed by atoms with Crippen molar-refractivity contribution in [1.29, 1.82) is 0 Å². The molecule has 4 rings (SSSR count). The van der Waals surface area contributed by atoms with Crippen molar-refractivity contribution < 1.29 is 44.6 Å². The van der Waals surface area contributed by atoms with Crippen LogP contribution < -0.4 is 0 Å². The number of aliphatic hydroxyl groups excluding tert-OH is 2. The second kappa shape index (κ2) is 12.1. The van der Waals surface area contributed by atoms with Crippen LogP contribution in [0.15, 0.2) is 36.4 Å². The Morgan fingerprint density at radius 3 is 1.24 bits per heavy atom. The topological polar surface area (TPSA) is 115 Å². The Balaban J connectivity index is 0.000000230. The number of hydrogen-bond acceptors (Lipinski definition) is 6. The van der Waals surface area contributed by atoms with E-state index in [1.165, 1.54) is 41.5 Å². The highest BCUT2D eigenvalue weighted by atomic mass is 32.2. The predicted molar refractivity (Wildman–Crippen MR) is 150 cm³/mol. The minimum atomic E-state index is -3.75. The zero-order valence-electron chi connectivity index (χ0n) is 24.4. The summed E-state index contributed by atoms with van der Waals surface area (Å²) >= 11 is 0. The van der Waals surface area contributed by atoms with Gasteiger partial charge in [0.15, 0.2) is 0 Å². The van der Waals surface area contributed by atoms with Crippen molar-refractivity contribution >= 4 is 20.0 Å². The van der Waals surface area contributed by atoms with Crippen LogP contribution in [0.4, 0.5) is 17.6 Å². The summed E-state index contributed by atoms with van der Waals surface area (Å²) in [7, 11) is -7.50. The van der Waals surface area contributed by atoms with Crippen molar-refractivity contribution in [1.82, 2.24) is 8.61 Å². The third-order valence-electron chi connectivity index (χ3n) is 7.27. The smallest absolute Gasteiger partial charge is 0.219 e. The van der Waals surface area contributed by atoms with E-state index >= 15 is 0 Å². The molecule has 2 heterocycles. The monoisotopic (exact) mass is 638 g/mol. The fraction of sp³-hybridized carbons (Fsp3) is 0.571. The van der Waals surface area contributed by atoms with Gasteiger partial charge >= 0.3 is 0 Å². The van der Waals surface area contributed by atoms with E-state index in [4.69, 9.17) is 0 Å². The minimum Gasteiger partial charge on any atom is -0.392 e. The standard InChI is InChI=1S/2C14H19F2NO3S/c2*1-14(2,3)21(19,20)17-8-10(18)7-13(17)11-6-9(15)4-5-12(11)16/h2*4-6,10,13,18H,7-8H2,1-3H3/t10-,13+;10-,13-/m01/s1. The summed E-state index contributed by atoms with van der Waals surface area (Å²) in [5.74, 6) is -2.63. The quantitative estimate of drug-likeness (QED) is 0.480. The second-order valence-corrected chi connectivity index (χ2v) is 17.8. The van der Waals surface area contributed by atoms with Crippen molar-refractivity contribution in [3.8, 4) is 0 Å². The van der Waals surface area contributed by atoms with E-state index in [-0.39, 0.29) is 37.1 Å². The molecule has 2 aliphatic rings. The normalized spacial score (nSPS) is 24.5. The maximum atomic E-state index is 13.9. The van der Waals surface area contributed by atoms with E-state index < -0.39 is 77.1 Å². The Bertz CT molecular complexity index is 1390. The first-order valence-corrected chi connectivity index (χ1v) is 16.2. The lowest BCUT2D eigenvalue weighted by Crippen LogP contribution is -2.43. The highest BCUT2D eigenvalue weighted by Crippen LogP contribution is 2.40. The van der Waals surface area contributed by atoms with E-state index in [0.717, 1.165) is 45.0 Å². The summed E-state index contributed by atoms with van der Waals surface area (Å²) in [6.07, 6.45) is -1.68. The van der Waals surface area contributed by atoms with Crippen LogP contribution in [0.25, 0.3) is 0 Å². The zero-order valence-corrected chi connectivity index (χ0v) is 26.0. The summed E-state index contributed by atoms with van der Waals surface area (Å²) in [5, 5.41) is 19.6. The molecule has 2 N–H and O–H groups in total. The van der Waals surface area contributed by atoms with E-state index in [9.17, 15) is 44.6 Å². The first-order valence-electron chi connectivity index (χ1n) is 13.4. The Kier molecular flexibility index (Phi) is 9.92. The minimum absolute atomic E-state index is 0.0422. The van der Waals surface area contributed by atoms with Gasteiger partial charge in [0.05, 0.1) is 33.8 Å². The Hall–Kier alpha value is -2.10. The maximum Gasteiger partial charge on any atom is 0.219 e. The first kappa shape index (κ1) is 34.4. The molecule has 0 amide bonds. The molecule has 2 fully saturated rings. The molecular formula is C28H38F4N2O6S2. The van der Waals surface area contributed by atoms with E-state index in [2.05, 4.69) is 0 Å². The molecule has 42 heavy (non-hydrogen) atoms. The molecule has 4 atom stereocenters. The summed E-state index contributed by atoms with van der Waals surface area (Å²) in [6.45, 7) is 8.98. The molecule has 2 saturated heterocycles. The number of benzene rings is 2. The van der Waals surface area contributed by atoms with Crippen molar-refractivity contribution in [3.05, 3.63) is 70.8 Å². The van der Waals surface area contributed by atoms with Gasteiger partial charge in [-0.1, -0.05) is 0 Å². The average molecular weight is 639 g/mol. The molecule has 236 valence electrons. The third kappa shape index (κ3) is 6.99. The van der Waals surface area contributed by atoms with Gasteiger partial charge in [-0.25, -0.2) is 34.4 Å². The lowest BCUT2D eigenvalue weighted by molar-refractivity contribution is 0.188. The van der Waals surface area contributed by atoms with Gasteiger partial charge < -0.3 is 10.2 Å². The van der Waals surface area contributed by atoms with E-state index in [1.807, 2.05) is 0 Å². The van der Waals surface area contributed by atoms with Gasteiger partial charge in [-0.15, -0.1) is 0 Å². The van der Waals surface area contributed by atoms with E-state index in [0.29, 0.717) is 0 Å². The van der Waals surface area contributed by atoms with E-state index in [1.54, 1.807) is 0 Å². The predicted octanol–water partition coefficient (Wildman–Crippen LogP) is 4.40. The van der Waals surface area contributed by atoms with Crippen LogP contribution in [0, 0.1) is 23.3 Å². The molecule has 0 spiro atoms. The third-order valence-corrected chi connectivity index (χ3v) is 12.4. The Morgan fingerprint density at radius 2 is 0.952 bits per heavy atom. The fourth-order valence-electron chi connectivity index (χ4n) is 4.91. The van der Waals surface area contributed by atoms with Crippen LogP contribution in [0.3, 0.4) is 0 Å². The number of aliphatic hydroxyl groups is 2. The maximum absolute atomic E-state index is 13.9. The molecule has 2 aliphatic heterocycles. The molecular weight excluding hydrogens is 600 g/mol. The molecule has 0 unspecified atom stereocenters. The molecule has 2 aromatic rings. The fourth-order valence-corrected chi connectivity index (χ4v) is 8.12. The highest BCUT2D eigenvalue weighted by Gasteiger charge is 2.47. The highest BCUT2D eigenvalue weighted by molar-refractivity contribution is 7.90. The second-order valence-electron chi connectivity index (χ2n) is 12.5. The van der Waals surface area contributed by atoms with Crippen LogP contribution >= 0.6 is 0 Å². The first-order chi connectivity index (χ1) is 19.1. The number of halogens is 4. The van der Waals surface area contributed by atoms with Crippen LogP contribution in [0.5, 0.6) is 0 Å². The molecule has 0 bridgehead atoms. The van der Waals surface area contributed by atoms with Crippen molar-refractivity contribution in [2.45, 2.75) is 88.2 Å². The van der Waals surface area contributed by atoms with Gasteiger partial charge in [-0.05, 0) is 90.8 Å². The van der Waals surface area contributed by atoms with Gasteiger partial charge in [0.25, 0.3) is 0 Å². The van der Waals surface area contributed by atoms with Gasteiger partial charge in [0, 0.05) is 24.2 Å². The molecule has 0 aliphatic carbocycles. The molecule has 2 aromatic carbocycles. The SMILES string of the molecule is CC(C)(C)S(=O)(=O)N1C[C@@H](O)C[C@@H]1c1cc(F)ccc1F.CC(C)(C)S(=O)(=O)N1C[C@H](O)C[C@@H]1c1cc(F)ccc1F. The molecule has 0 radical (unpaired) electrons. The number of rotatable bonds is 4. The lowest BCUT2D eigenvalue weighted by Gasteiger charge is -2.31. The van der Waals surface area contributed by atoms with Gasteiger partial charge in [-0.3, -0.25) is 0 Å². The molecule has 0 saturated carbocycles. The van der Waals surface area contributed by atoms with Crippen LogP contribution in [-0.2, 0) is 20.0 Å².